The average molecular weight is 494 g/mol. The monoisotopic (exact) mass is 492 g/mol. The lowest BCUT2D eigenvalue weighted by atomic mass is 10.1. The van der Waals surface area contributed by atoms with Gasteiger partial charge in [-0.2, -0.15) is 0 Å². The van der Waals surface area contributed by atoms with Gasteiger partial charge in [0.25, 0.3) is 0 Å². The fourth-order valence-corrected chi connectivity index (χ4v) is 5.25. The summed E-state index contributed by atoms with van der Waals surface area (Å²) in [5.74, 6) is 0.234. The maximum absolute atomic E-state index is 13.1. The van der Waals surface area contributed by atoms with Gasteiger partial charge in [0.15, 0.2) is 5.38 Å². The van der Waals surface area contributed by atoms with E-state index in [-0.39, 0.29) is 30.9 Å². The lowest BCUT2D eigenvalue weighted by molar-refractivity contribution is -0.143. The van der Waals surface area contributed by atoms with Crippen molar-refractivity contribution in [2.24, 2.45) is 0 Å². The lowest BCUT2D eigenvalue weighted by Gasteiger charge is -2.30. The van der Waals surface area contributed by atoms with E-state index in [1.165, 1.54) is 0 Å². The molecular weight excluding hydrogens is 469 g/mol. The molecule has 0 spiro atoms. The van der Waals surface area contributed by atoms with E-state index in [9.17, 15) is 9.36 Å². The van der Waals surface area contributed by atoms with Crippen LogP contribution in [0.15, 0.2) is 30.3 Å². The molecule has 0 aliphatic carbocycles. The topological polar surface area (TPSA) is 67.9 Å². The van der Waals surface area contributed by atoms with Crippen LogP contribution in [0.25, 0.3) is 0 Å². The summed E-state index contributed by atoms with van der Waals surface area (Å²) in [7, 11) is -3.35. The maximum atomic E-state index is 13.1. The van der Waals surface area contributed by atoms with Crippen molar-refractivity contribution in [3.8, 4) is 0 Å². The second-order valence-corrected chi connectivity index (χ2v) is 9.33. The van der Waals surface area contributed by atoms with Crippen molar-refractivity contribution in [1.82, 2.24) is 9.76 Å². The number of ether oxygens (including phenoxy) is 1. The first-order valence-electron chi connectivity index (χ1n) is 8.77. The van der Waals surface area contributed by atoms with E-state index >= 15 is 0 Å². The largest absolute Gasteiger partial charge is 0.464 e. The molecule has 0 radical (unpaired) electrons. The van der Waals surface area contributed by atoms with Crippen molar-refractivity contribution in [3.05, 3.63) is 35.9 Å². The quantitative estimate of drug-likeness (QED) is 0.166. The summed E-state index contributed by atoms with van der Waals surface area (Å²) >= 11 is 23.3. The summed E-state index contributed by atoms with van der Waals surface area (Å²) in [6.07, 6.45) is 0.425. The number of hydrogen-bond acceptors (Lipinski definition) is 4. The van der Waals surface area contributed by atoms with Gasteiger partial charge in [-0.05, 0) is 12.0 Å². The highest BCUT2D eigenvalue weighted by atomic mass is 35.5. The number of benzene rings is 1. The van der Waals surface area contributed by atoms with Gasteiger partial charge in [-0.25, -0.2) is 9.76 Å². The van der Waals surface area contributed by atoms with E-state index in [1.807, 2.05) is 6.07 Å². The molecule has 6 nitrogen and oxygen atoms in total. The molecule has 0 amide bonds. The van der Waals surface area contributed by atoms with Gasteiger partial charge in [0.2, 0.25) is 0 Å². The Kier molecular flexibility index (Phi) is 13.8. The number of halogens is 4. The number of alkyl halides is 4. The van der Waals surface area contributed by atoms with Gasteiger partial charge in [0.05, 0.1) is 13.2 Å². The van der Waals surface area contributed by atoms with Crippen LogP contribution < -0.4 is 5.09 Å². The molecule has 0 bridgehead atoms. The van der Waals surface area contributed by atoms with Crippen LogP contribution in [-0.4, -0.2) is 61.1 Å². The standard InChI is InChI=1S/C17H25Cl4N2O4P/c18-7-11-23(12-8-19)28(25,27-14-9-20)22-10-4-13-26-17(24)16(21)15-5-2-1-3-6-15/h1-3,5-6,16H,4,7-14H2,(H,22,25). The Morgan fingerprint density at radius 1 is 1.07 bits per heavy atom. The summed E-state index contributed by atoms with van der Waals surface area (Å²) in [4.78, 5) is 12.0. The van der Waals surface area contributed by atoms with Crippen molar-refractivity contribution in [2.75, 3.05) is 50.5 Å². The third-order valence-electron chi connectivity index (χ3n) is 3.58. The number of rotatable bonds is 15. The predicted octanol–water partition coefficient (Wildman–Crippen LogP) is 4.63. The fraction of sp³-hybridized carbons (Fsp3) is 0.588. The summed E-state index contributed by atoms with van der Waals surface area (Å²) in [6, 6.07) is 8.95. The molecule has 2 atom stereocenters. The fourth-order valence-electron chi connectivity index (χ4n) is 2.25. The first-order valence-corrected chi connectivity index (χ1v) is 12.4. The van der Waals surface area contributed by atoms with Gasteiger partial charge < -0.3 is 9.26 Å². The van der Waals surface area contributed by atoms with Gasteiger partial charge in [-0.3, -0.25) is 9.36 Å². The summed E-state index contributed by atoms with van der Waals surface area (Å²) in [5.41, 5.74) is 0.670. The molecule has 28 heavy (non-hydrogen) atoms. The first kappa shape index (κ1) is 26.0. The number of carbonyl (C=O) groups is 1. The van der Waals surface area contributed by atoms with Crippen molar-refractivity contribution in [2.45, 2.75) is 11.8 Å². The third-order valence-corrected chi connectivity index (χ3v) is 6.80. The molecule has 0 heterocycles. The molecule has 0 fully saturated rings. The van der Waals surface area contributed by atoms with E-state index in [1.54, 1.807) is 28.9 Å². The minimum Gasteiger partial charge on any atom is -0.464 e. The average Bonchev–Trinajstić information content (AvgIpc) is 2.71. The van der Waals surface area contributed by atoms with E-state index in [0.717, 1.165) is 0 Å². The Balaban J connectivity index is 2.48. The molecule has 0 aliphatic heterocycles. The Hall–Kier alpha value is -0.0400. The normalized spacial score (nSPS) is 14.6. The highest BCUT2D eigenvalue weighted by molar-refractivity contribution is 7.54. The van der Waals surface area contributed by atoms with Crippen LogP contribution in [0.1, 0.15) is 17.4 Å². The van der Waals surface area contributed by atoms with Crippen molar-refractivity contribution >= 4 is 60.0 Å². The molecule has 0 aromatic heterocycles. The maximum Gasteiger partial charge on any atom is 0.343 e. The summed E-state index contributed by atoms with van der Waals surface area (Å²) in [5, 5.41) is 2.03. The van der Waals surface area contributed by atoms with E-state index in [0.29, 0.717) is 31.6 Å². The molecule has 0 aliphatic rings. The zero-order valence-electron chi connectivity index (χ0n) is 15.4. The highest BCUT2D eigenvalue weighted by Crippen LogP contribution is 2.46. The number of hydrogen-bond donors (Lipinski definition) is 1. The number of nitrogens with one attached hydrogen (secondary N) is 1. The minimum atomic E-state index is -3.35. The predicted molar refractivity (Wildman–Crippen MR) is 116 cm³/mol. The van der Waals surface area contributed by atoms with Crippen LogP contribution in [0.4, 0.5) is 0 Å². The van der Waals surface area contributed by atoms with Crippen LogP contribution in [0.2, 0.25) is 0 Å². The van der Waals surface area contributed by atoms with Crippen LogP contribution in [-0.2, 0) is 18.6 Å². The SMILES string of the molecule is O=C(OCCCNP(=O)(OCCCl)N(CCCl)CCCl)C(Cl)c1ccccc1. The highest BCUT2D eigenvalue weighted by Gasteiger charge is 2.30. The van der Waals surface area contributed by atoms with Crippen molar-refractivity contribution in [3.63, 3.8) is 0 Å². The molecule has 1 aromatic rings. The van der Waals surface area contributed by atoms with Crippen molar-refractivity contribution in [1.29, 1.82) is 0 Å². The van der Waals surface area contributed by atoms with E-state index in [2.05, 4.69) is 5.09 Å². The van der Waals surface area contributed by atoms with Gasteiger partial charge >= 0.3 is 13.6 Å². The zero-order chi connectivity index (χ0) is 20.8. The first-order chi connectivity index (χ1) is 13.5. The molecule has 2 unspecified atom stereocenters. The van der Waals surface area contributed by atoms with Gasteiger partial charge in [-0.15, -0.1) is 46.4 Å². The molecule has 1 aromatic carbocycles. The van der Waals surface area contributed by atoms with Crippen LogP contribution in [0.3, 0.4) is 0 Å². The molecule has 1 N–H and O–H groups in total. The third kappa shape index (κ3) is 9.19. The Bertz CT molecular complexity index is 606. The lowest BCUT2D eigenvalue weighted by Crippen LogP contribution is -2.33. The number of nitrogens with zero attached hydrogens (tertiary/aromatic N) is 1. The van der Waals surface area contributed by atoms with E-state index in [4.69, 9.17) is 55.7 Å². The Morgan fingerprint density at radius 2 is 1.71 bits per heavy atom. The summed E-state index contributed by atoms with van der Waals surface area (Å²) in [6.45, 7) is 1.24. The second kappa shape index (κ2) is 14.9. The second-order valence-electron chi connectivity index (χ2n) is 5.58. The van der Waals surface area contributed by atoms with Gasteiger partial charge in [0.1, 0.15) is 0 Å². The number of carbonyl (C=O) groups excluding carboxylic acids is 1. The summed E-state index contributed by atoms with van der Waals surface area (Å²) < 4.78 is 25.4. The molecule has 0 saturated heterocycles. The molecule has 0 saturated carbocycles. The van der Waals surface area contributed by atoms with E-state index < -0.39 is 19.0 Å². The Labute approximate surface area is 186 Å². The number of esters is 1. The van der Waals surface area contributed by atoms with Crippen molar-refractivity contribution < 1.29 is 18.6 Å². The van der Waals surface area contributed by atoms with Crippen LogP contribution in [0.5, 0.6) is 0 Å². The molecule has 1 rings (SSSR count). The Morgan fingerprint density at radius 3 is 2.29 bits per heavy atom. The van der Waals surface area contributed by atoms with Crippen LogP contribution in [0, 0.1) is 0 Å². The zero-order valence-corrected chi connectivity index (χ0v) is 19.3. The van der Waals surface area contributed by atoms with Crippen LogP contribution >= 0.6 is 54.1 Å². The minimum absolute atomic E-state index is 0.118. The molecular formula is C17H25Cl4N2O4P. The molecule has 11 heteroatoms. The van der Waals surface area contributed by atoms with Gasteiger partial charge in [-0.1, -0.05) is 30.3 Å². The molecule has 160 valence electrons. The smallest absolute Gasteiger partial charge is 0.343 e. The van der Waals surface area contributed by atoms with Gasteiger partial charge in [0, 0.05) is 37.3 Å².